The van der Waals surface area contributed by atoms with Crippen molar-refractivity contribution in [2.24, 2.45) is 5.92 Å². The number of aromatic carboxylic acids is 1. The summed E-state index contributed by atoms with van der Waals surface area (Å²) in [7, 11) is -3.82. The molecule has 1 aliphatic carbocycles. The Morgan fingerprint density at radius 3 is 2.57 bits per heavy atom. The molecule has 1 aromatic rings. The normalized spacial score (nSPS) is 23.1. The molecule has 1 aromatic heterocycles. The van der Waals surface area contributed by atoms with Crippen LogP contribution in [-0.2, 0) is 10.0 Å². The van der Waals surface area contributed by atoms with Gasteiger partial charge < -0.3 is 10.2 Å². The Morgan fingerprint density at radius 1 is 1.38 bits per heavy atom. The lowest BCUT2D eigenvalue weighted by atomic mass is 9.88. The van der Waals surface area contributed by atoms with E-state index in [4.69, 9.17) is 5.11 Å². The highest BCUT2D eigenvalue weighted by atomic mass is 32.2. The van der Waals surface area contributed by atoms with Crippen molar-refractivity contribution >= 4 is 27.3 Å². The Balaban J connectivity index is 2.09. The van der Waals surface area contributed by atoms with Crippen LogP contribution in [0.3, 0.4) is 0 Å². The summed E-state index contributed by atoms with van der Waals surface area (Å²) in [6, 6.07) is 0. The zero-order valence-corrected chi connectivity index (χ0v) is 13.3. The fourth-order valence-electron chi connectivity index (χ4n) is 2.56. The van der Waals surface area contributed by atoms with E-state index in [-0.39, 0.29) is 28.3 Å². The number of carboxylic acid groups (broad SMARTS) is 1. The standard InChI is InChI=1S/C13H19NO5S2/c1-8-7-20-11(13(16)17)12(8)21(18,19)14-6-9-2-4-10(15)5-3-9/h7,9-10,14-15H,2-6H2,1H3,(H,16,17). The highest BCUT2D eigenvalue weighted by Crippen LogP contribution is 2.28. The topological polar surface area (TPSA) is 104 Å². The predicted molar refractivity (Wildman–Crippen MR) is 79.2 cm³/mol. The minimum absolute atomic E-state index is 0.129. The summed E-state index contributed by atoms with van der Waals surface area (Å²) in [5, 5.41) is 20.1. The molecule has 0 amide bonds. The maximum Gasteiger partial charge on any atom is 0.347 e. The molecule has 0 aliphatic heterocycles. The number of aliphatic hydroxyl groups is 1. The minimum atomic E-state index is -3.82. The largest absolute Gasteiger partial charge is 0.477 e. The molecular formula is C13H19NO5S2. The minimum Gasteiger partial charge on any atom is -0.477 e. The summed E-state index contributed by atoms with van der Waals surface area (Å²) >= 11 is 0.921. The smallest absolute Gasteiger partial charge is 0.347 e. The summed E-state index contributed by atoms with van der Waals surface area (Å²) in [6.45, 7) is 1.87. The van der Waals surface area contributed by atoms with Crippen LogP contribution in [0.2, 0.25) is 0 Å². The number of aliphatic hydroxyl groups excluding tert-OH is 1. The molecule has 8 heteroatoms. The second-order valence-corrected chi connectivity index (χ2v) is 7.99. The number of carboxylic acids is 1. The monoisotopic (exact) mass is 333 g/mol. The van der Waals surface area contributed by atoms with Crippen LogP contribution in [0.1, 0.15) is 40.9 Å². The Kier molecular flexibility index (Phi) is 5.03. The van der Waals surface area contributed by atoms with Crippen molar-refractivity contribution in [3.63, 3.8) is 0 Å². The van der Waals surface area contributed by atoms with Gasteiger partial charge in [0.1, 0.15) is 9.77 Å². The molecule has 0 radical (unpaired) electrons. The molecule has 0 aromatic carbocycles. The van der Waals surface area contributed by atoms with Gasteiger partial charge in [-0.25, -0.2) is 17.9 Å². The number of aryl methyl sites for hydroxylation is 1. The highest BCUT2D eigenvalue weighted by Gasteiger charge is 2.28. The number of sulfonamides is 1. The Labute approximate surface area is 127 Å². The molecular weight excluding hydrogens is 314 g/mol. The second-order valence-electron chi connectivity index (χ2n) is 5.41. The summed E-state index contributed by atoms with van der Waals surface area (Å²) in [5.74, 6) is -1.04. The van der Waals surface area contributed by atoms with E-state index in [1.807, 2.05) is 0 Å². The van der Waals surface area contributed by atoms with Crippen LogP contribution in [0.4, 0.5) is 0 Å². The van der Waals surface area contributed by atoms with Crippen molar-refractivity contribution < 1.29 is 23.4 Å². The van der Waals surface area contributed by atoms with Crippen molar-refractivity contribution in [1.29, 1.82) is 0 Å². The van der Waals surface area contributed by atoms with Gasteiger partial charge in [-0.15, -0.1) is 11.3 Å². The average Bonchev–Trinajstić information content (AvgIpc) is 2.81. The molecule has 6 nitrogen and oxygen atoms in total. The van der Waals surface area contributed by atoms with Gasteiger partial charge in [0, 0.05) is 6.54 Å². The van der Waals surface area contributed by atoms with Crippen LogP contribution in [0.15, 0.2) is 10.3 Å². The third-order valence-corrected chi connectivity index (χ3v) is 6.58. The predicted octanol–water partition coefficient (Wildman–Crippen LogP) is 1.58. The van der Waals surface area contributed by atoms with Crippen LogP contribution in [0.25, 0.3) is 0 Å². The fraction of sp³-hybridized carbons (Fsp3) is 0.615. The van der Waals surface area contributed by atoms with Gasteiger partial charge in [0.2, 0.25) is 10.0 Å². The van der Waals surface area contributed by atoms with Gasteiger partial charge in [0.05, 0.1) is 6.10 Å². The zero-order chi connectivity index (χ0) is 15.6. The fourth-order valence-corrected chi connectivity index (χ4v) is 5.31. The van der Waals surface area contributed by atoms with Crippen molar-refractivity contribution in [1.82, 2.24) is 4.72 Å². The van der Waals surface area contributed by atoms with Crippen LogP contribution < -0.4 is 4.72 Å². The summed E-state index contributed by atoms with van der Waals surface area (Å²) in [5.41, 5.74) is 0.448. The number of nitrogens with one attached hydrogen (secondary N) is 1. The molecule has 2 rings (SSSR count). The van der Waals surface area contributed by atoms with Gasteiger partial charge >= 0.3 is 5.97 Å². The van der Waals surface area contributed by atoms with Crippen molar-refractivity contribution in [2.75, 3.05) is 6.54 Å². The van der Waals surface area contributed by atoms with Gasteiger partial charge in [0.25, 0.3) is 0 Å². The highest BCUT2D eigenvalue weighted by molar-refractivity contribution is 7.89. The lowest BCUT2D eigenvalue weighted by Crippen LogP contribution is -2.32. The molecule has 1 fully saturated rings. The molecule has 1 aliphatic rings. The molecule has 0 saturated heterocycles. The van der Waals surface area contributed by atoms with Gasteiger partial charge in [0.15, 0.2) is 0 Å². The number of carbonyl (C=O) groups is 1. The number of hydrogen-bond donors (Lipinski definition) is 3. The second kappa shape index (κ2) is 6.43. The zero-order valence-electron chi connectivity index (χ0n) is 11.7. The maximum atomic E-state index is 12.3. The molecule has 0 bridgehead atoms. The van der Waals surface area contributed by atoms with E-state index in [2.05, 4.69) is 4.72 Å². The van der Waals surface area contributed by atoms with Crippen molar-refractivity contribution in [2.45, 2.75) is 43.6 Å². The summed E-state index contributed by atoms with van der Waals surface area (Å²) < 4.78 is 27.2. The SMILES string of the molecule is Cc1csc(C(=O)O)c1S(=O)(=O)NCC1CCC(O)CC1. The summed E-state index contributed by atoms with van der Waals surface area (Å²) in [4.78, 5) is 10.8. The van der Waals surface area contributed by atoms with E-state index in [0.717, 1.165) is 24.2 Å². The van der Waals surface area contributed by atoms with Crippen LogP contribution in [-0.4, -0.2) is 37.2 Å². The molecule has 3 N–H and O–H groups in total. The molecule has 0 spiro atoms. The molecule has 1 heterocycles. The number of hydrogen-bond acceptors (Lipinski definition) is 5. The van der Waals surface area contributed by atoms with Crippen LogP contribution >= 0.6 is 11.3 Å². The Morgan fingerprint density at radius 2 is 2.00 bits per heavy atom. The van der Waals surface area contributed by atoms with Gasteiger partial charge in [-0.3, -0.25) is 0 Å². The van der Waals surface area contributed by atoms with E-state index < -0.39 is 16.0 Å². The Hall–Kier alpha value is -0.960. The molecule has 21 heavy (non-hydrogen) atoms. The maximum absolute atomic E-state index is 12.3. The first-order chi connectivity index (χ1) is 9.81. The van der Waals surface area contributed by atoms with E-state index in [0.29, 0.717) is 18.4 Å². The van der Waals surface area contributed by atoms with Crippen molar-refractivity contribution in [3.05, 3.63) is 15.8 Å². The lowest BCUT2D eigenvalue weighted by molar-refractivity contribution is 0.0698. The first-order valence-electron chi connectivity index (χ1n) is 6.80. The van der Waals surface area contributed by atoms with E-state index in [1.165, 1.54) is 5.38 Å². The molecule has 0 unspecified atom stereocenters. The number of thiophene rings is 1. The average molecular weight is 333 g/mol. The molecule has 0 atom stereocenters. The Bertz CT molecular complexity index is 615. The van der Waals surface area contributed by atoms with E-state index >= 15 is 0 Å². The first kappa shape index (κ1) is 16.4. The van der Waals surface area contributed by atoms with Crippen LogP contribution in [0.5, 0.6) is 0 Å². The van der Waals surface area contributed by atoms with Gasteiger partial charge in [-0.1, -0.05) is 0 Å². The van der Waals surface area contributed by atoms with E-state index in [1.54, 1.807) is 6.92 Å². The number of rotatable bonds is 5. The lowest BCUT2D eigenvalue weighted by Gasteiger charge is -2.25. The van der Waals surface area contributed by atoms with Crippen LogP contribution in [0, 0.1) is 12.8 Å². The first-order valence-corrected chi connectivity index (χ1v) is 9.16. The van der Waals surface area contributed by atoms with Gasteiger partial charge in [-0.2, -0.15) is 0 Å². The molecule has 118 valence electrons. The third kappa shape index (κ3) is 3.82. The van der Waals surface area contributed by atoms with Crippen molar-refractivity contribution in [3.8, 4) is 0 Å². The summed E-state index contributed by atoms with van der Waals surface area (Å²) in [6.07, 6.45) is 2.64. The quantitative estimate of drug-likeness (QED) is 0.759. The third-order valence-electron chi connectivity index (χ3n) is 3.76. The van der Waals surface area contributed by atoms with Gasteiger partial charge in [-0.05, 0) is 49.5 Å². The molecule has 1 saturated carbocycles. The van der Waals surface area contributed by atoms with E-state index in [9.17, 15) is 18.3 Å².